The number of hydrogen-bond acceptors (Lipinski definition) is 2. The second-order valence-corrected chi connectivity index (χ2v) is 4.89. The first-order valence-electron chi connectivity index (χ1n) is 4.28. The molecule has 0 heterocycles. The van der Waals surface area contributed by atoms with E-state index in [0.29, 0.717) is 4.90 Å². The Bertz CT molecular complexity index is 334. The number of carboxylic acids is 1. The lowest BCUT2D eigenvalue weighted by Gasteiger charge is -2.08. The first-order chi connectivity index (χ1) is 6.61. The van der Waals surface area contributed by atoms with Crippen LogP contribution in [0.2, 0.25) is 0 Å². The minimum Gasteiger partial charge on any atom is -0.481 e. The lowest BCUT2D eigenvalue weighted by atomic mass is 10.3. The van der Waals surface area contributed by atoms with E-state index in [2.05, 4.69) is 0 Å². The van der Waals surface area contributed by atoms with E-state index in [1.165, 1.54) is 0 Å². The van der Waals surface area contributed by atoms with E-state index in [-0.39, 0.29) is 11.7 Å². The smallest absolute Gasteiger partial charge is 0.304 e. The molecule has 0 aliphatic carbocycles. The summed E-state index contributed by atoms with van der Waals surface area (Å²) in [7, 11) is -1.23. The van der Waals surface area contributed by atoms with E-state index < -0.39 is 16.8 Å². The standard InChI is InChI=1S/C10H12O3S/c1-8(7-10(11)12)14(13)9-5-3-2-4-6-9/h2-6,8H,7H2,1H3,(H,11,12)/t8-,14?/m1/s1. The van der Waals surface area contributed by atoms with Gasteiger partial charge in [0.25, 0.3) is 0 Å². The van der Waals surface area contributed by atoms with Crippen molar-refractivity contribution in [3.05, 3.63) is 30.3 Å². The molecule has 76 valence electrons. The predicted octanol–water partition coefficient (Wildman–Crippen LogP) is 1.66. The van der Waals surface area contributed by atoms with Crippen LogP contribution in [0.15, 0.2) is 35.2 Å². The molecule has 0 aliphatic heterocycles. The number of carboxylic acid groups (broad SMARTS) is 1. The molecule has 0 radical (unpaired) electrons. The first-order valence-corrected chi connectivity index (χ1v) is 5.50. The third kappa shape index (κ3) is 2.96. The van der Waals surface area contributed by atoms with Crippen LogP contribution < -0.4 is 0 Å². The molecular formula is C10H12O3S. The Hall–Kier alpha value is -1.16. The van der Waals surface area contributed by atoms with Gasteiger partial charge in [0.1, 0.15) is 0 Å². The van der Waals surface area contributed by atoms with Gasteiger partial charge in [-0.25, -0.2) is 0 Å². The zero-order chi connectivity index (χ0) is 10.6. The number of rotatable bonds is 4. The Morgan fingerprint density at radius 1 is 1.43 bits per heavy atom. The number of aliphatic carboxylic acids is 1. The van der Waals surface area contributed by atoms with Crippen LogP contribution >= 0.6 is 0 Å². The van der Waals surface area contributed by atoms with E-state index in [9.17, 15) is 9.00 Å². The summed E-state index contributed by atoms with van der Waals surface area (Å²) in [4.78, 5) is 11.1. The van der Waals surface area contributed by atoms with Crippen molar-refractivity contribution in [1.82, 2.24) is 0 Å². The van der Waals surface area contributed by atoms with Crippen molar-refractivity contribution in [2.24, 2.45) is 0 Å². The van der Waals surface area contributed by atoms with Crippen molar-refractivity contribution >= 4 is 16.8 Å². The zero-order valence-electron chi connectivity index (χ0n) is 7.84. The van der Waals surface area contributed by atoms with Crippen LogP contribution in [0.3, 0.4) is 0 Å². The molecule has 1 N–H and O–H groups in total. The topological polar surface area (TPSA) is 54.4 Å². The highest BCUT2D eigenvalue weighted by Crippen LogP contribution is 2.12. The maximum atomic E-state index is 11.7. The Kier molecular flexibility index (Phi) is 3.83. The van der Waals surface area contributed by atoms with Crippen LogP contribution in [-0.4, -0.2) is 20.5 Å². The van der Waals surface area contributed by atoms with Crippen LogP contribution in [0.25, 0.3) is 0 Å². The average molecular weight is 212 g/mol. The SMILES string of the molecule is C[C@H](CC(=O)O)S(=O)c1ccccc1. The molecule has 4 heteroatoms. The van der Waals surface area contributed by atoms with Gasteiger partial charge >= 0.3 is 5.97 Å². The van der Waals surface area contributed by atoms with Gasteiger partial charge in [0.2, 0.25) is 0 Å². The van der Waals surface area contributed by atoms with Crippen LogP contribution in [0.5, 0.6) is 0 Å². The lowest BCUT2D eigenvalue weighted by molar-refractivity contribution is -0.136. The van der Waals surface area contributed by atoms with Crippen LogP contribution in [-0.2, 0) is 15.6 Å². The summed E-state index contributed by atoms with van der Waals surface area (Å²) >= 11 is 0. The van der Waals surface area contributed by atoms with Gasteiger partial charge in [-0.1, -0.05) is 18.2 Å². The lowest BCUT2D eigenvalue weighted by Crippen LogP contribution is -2.15. The fourth-order valence-corrected chi connectivity index (χ4v) is 2.29. The minimum absolute atomic E-state index is 0.0680. The number of hydrogen-bond donors (Lipinski definition) is 1. The monoisotopic (exact) mass is 212 g/mol. The third-order valence-electron chi connectivity index (χ3n) is 1.80. The van der Waals surface area contributed by atoms with Crippen molar-refractivity contribution in [3.63, 3.8) is 0 Å². The van der Waals surface area contributed by atoms with Crippen LogP contribution in [0, 0.1) is 0 Å². The number of benzene rings is 1. The predicted molar refractivity (Wildman–Crippen MR) is 54.6 cm³/mol. The quantitative estimate of drug-likeness (QED) is 0.825. The maximum absolute atomic E-state index is 11.7. The molecule has 0 saturated carbocycles. The summed E-state index contributed by atoms with van der Waals surface area (Å²) in [5, 5.41) is 8.19. The highest BCUT2D eigenvalue weighted by Gasteiger charge is 2.15. The van der Waals surface area contributed by atoms with E-state index in [1.807, 2.05) is 6.07 Å². The van der Waals surface area contributed by atoms with Crippen LogP contribution in [0.1, 0.15) is 13.3 Å². The summed E-state index contributed by atoms with van der Waals surface area (Å²) in [5.41, 5.74) is 0. The molecule has 0 aliphatic rings. The second-order valence-electron chi connectivity index (χ2n) is 3.02. The first kappa shape index (κ1) is 10.9. The van der Waals surface area contributed by atoms with Gasteiger partial charge in [0.05, 0.1) is 17.2 Å². The molecule has 0 saturated heterocycles. The van der Waals surface area contributed by atoms with Gasteiger partial charge in [-0.15, -0.1) is 0 Å². The molecule has 0 amide bonds. The van der Waals surface area contributed by atoms with Crippen molar-refractivity contribution in [2.45, 2.75) is 23.5 Å². The summed E-state index contributed by atoms with van der Waals surface area (Å²) in [5.74, 6) is -0.915. The van der Waals surface area contributed by atoms with Gasteiger partial charge < -0.3 is 5.11 Å². The largest absolute Gasteiger partial charge is 0.481 e. The average Bonchev–Trinajstić information content (AvgIpc) is 2.17. The van der Waals surface area contributed by atoms with Crippen molar-refractivity contribution in [1.29, 1.82) is 0 Å². The normalized spacial score (nSPS) is 14.6. The molecule has 1 rings (SSSR count). The molecule has 0 bridgehead atoms. The van der Waals surface area contributed by atoms with E-state index in [1.54, 1.807) is 31.2 Å². The number of carbonyl (C=O) groups is 1. The molecule has 2 atom stereocenters. The molecule has 1 unspecified atom stereocenters. The highest BCUT2D eigenvalue weighted by molar-refractivity contribution is 7.85. The Morgan fingerprint density at radius 2 is 2.00 bits per heavy atom. The van der Waals surface area contributed by atoms with Gasteiger partial charge in [0, 0.05) is 10.1 Å². The fraction of sp³-hybridized carbons (Fsp3) is 0.300. The summed E-state index contributed by atoms with van der Waals surface area (Å²) in [6.45, 7) is 1.68. The van der Waals surface area contributed by atoms with Crippen LogP contribution in [0.4, 0.5) is 0 Å². The molecule has 1 aromatic rings. The van der Waals surface area contributed by atoms with Gasteiger partial charge in [-0.3, -0.25) is 9.00 Å². The molecular weight excluding hydrogens is 200 g/mol. The van der Waals surface area contributed by atoms with Crippen molar-refractivity contribution in [3.8, 4) is 0 Å². The second kappa shape index (κ2) is 4.91. The summed E-state index contributed by atoms with van der Waals surface area (Å²) in [6, 6.07) is 8.91. The molecule has 0 fully saturated rings. The molecule has 1 aromatic carbocycles. The minimum atomic E-state index is -1.23. The molecule has 14 heavy (non-hydrogen) atoms. The Morgan fingerprint density at radius 3 is 2.50 bits per heavy atom. The summed E-state index contributed by atoms with van der Waals surface area (Å²) in [6.07, 6.45) is -0.0680. The van der Waals surface area contributed by atoms with Gasteiger partial charge in [0.15, 0.2) is 0 Å². The highest BCUT2D eigenvalue weighted by atomic mass is 32.2. The summed E-state index contributed by atoms with van der Waals surface area (Å²) < 4.78 is 11.7. The maximum Gasteiger partial charge on any atom is 0.304 e. The fourth-order valence-electron chi connectivity index (χ4n) is 1.11. The third-order valence-corrected chi connectivity index (χ3v) is 3.44. The van der Waals surface area contributed by atoms with Gasteiger partial charge in [-0.2, -0.15) is 0 Å². The van der Waals surface area contributed by atoms with E-state index in [0.717, 1.165) is 0 Å². The zero-order valence-corrected chi connectivity index (χ0v) is 8.66. The molecule has 0 aromatic heterocycles. The van der Waals surface area contributed by atoms with Crippen molar-refractivity contribution in [2.75, 3.05) is 0 Å². The van der Waals surface area contributed by atoms with E-state index >= 15 is 0 Å². The molecule has 3 nitrogen and oxygen atoms in total. The van der Waals surface area contributed by atoms with E-state index in [4.69, 9.17) is 5.11 Å². The van der Waals surface area contributed by atoms with Crippen molar-refractivity contribution < 1.29 is 14.1 Å². The Balaban J connectivity index is 2.71. The Labute approximate surface area is 85.2 Å². The van der Waals surface area contributed by atoms with Gasteiger partial charge in [-0.05, 0) is 19.1 Å². The molecule has 0 spiro atoms.